The van der Waals surface area contributed by atoms with E-state index in [1.807, 2.05) is 13.8 Å². The second-order valence-electron chi connectivity index (χ2n) is 8.08. The van der Waals surface area contributed by atoms with Crippen LogP contribution in [0.25, 0.3) is 0 Å². The first kappa shape index (κ1) is 19.2. The van der Waals surface area contributed by atoms with Crippen LogP contribution in [0.4, 0.5) is 0 Å². The Balaban J connectivity index is 1.99. The summed E-state index contributed by atoms with van der Waals surface area (Å²) in [5.41, 5.74) is 0.518. The fraction of sp³-hybridized carbons (Fsp3) is 0.737. The Morgan fingerprint density at radius 2 is 1.85 bits per heavy atom. The lowest BCUT2D eigenvalue weighted by Gasteiger charge is -2.47. The molecule has 1 heterocycles. The van der Waals surface area contributed by atoms with Gasteiger partial charge in [0.15, 0.2) is 11.6 Å². The van der Waals surface area contributed by atoms with E-state index in [2.05, 4.69) is 0 Å². The number of Topliss-reactive ketones (excluding diaryl/α,β-unsaturated/α-hetero) is 2. The first-order valence-electron chi connectivity index (χ1n) is 9.18. The van der Waals surface area contributed by atoms with Crippen LogP contribution < -0.4 is 0 Å². The average molecular weight is 366 g/mol. The lowest BCUT2D eigenvalue weighted by Crippen LogP contribution is -2.58. The third kappa shape index (κ3) is 3.02. The largest absolute Gasteiger partial charge is 0.481 e. The van der Waals surface area contributed by atoms with Crippen molar-refractivity contribution in [3.63, 3.8) is 0 Å². The monoisotopic (exact) mass is 366 g/mol. The predicted octanol–water partition coefficient (Wildman–Crippen LogP) is 0.717. The van der Waals surface area contributed by atoms with Crippen molar-refractivity contribution in [3.8, 4) is 0 Å². The van der Waals surface area contributed by atoms with Gasteiger partial charge in [0.1, 0.15) is 0 Å². The van der Waals surface area contributed by atoms with Crippen molar-refractivity contribution in [2.45, 2.75) is 64.4 Å². The van der Waals surface area contributed by atoms with Crippen molar-refractivity contribution in [3.05, 3.63) is 11.1 Å². The Hall–Kier alpha value is -1.57. The van der Waals surface area contributed by atoms with Crippen LogP contribution in [0.2, 0.25) is 0 Å². The van der Waals surface area contributed by atoms with E-state index in [4.69, 9.17) is 9.84 Å². The van der Waals surface area contributed by atoms with E-state index in [0.717, 1.165) is 0 Å². The van der Waals surface area contributed by atoms with E-state index in [1.54, 1.807) is 6.92 Å². The van der Waals surface area contributed by atoms with Gasteiger partial charge in [-0.05, 0) is 25.2 Å². The van der Waals surface area contributed by atoms with Crippen LogP contribution in [0.15, 0.2) is 11.1 Å². The molecule has 1 saturated carbocycles. The van der Waals surface area contributed by atoms with Crippen molar-refractivity contribution < 1.29 is 34.4 Å². The summed E-state index contributed by atoms with van der Waals surface area (Å²) in [5, 5.41) is 30.3. The van der Waals surface area contributed by atoms with Crippen molar-refractivity contribution in [2.75, 3.05) is 0 Å². The molecule has 2 aliphatic carbocycles. The minimum atomic E-state index is -1.04. The van der Waals surface area contributed by atoms with Gasteiger partial charge < -0.3 is 20.1 Å². The summed E-state index contributed by atoms with van der Waals surface area (Å²) in [5.74, 6) is -3.83. The maximum Gasteiger partial charge on any atom is 0.305 e. The number of aliphatic hydroxyl groups excluding tert-OH is 2. The van der Waals surface area contributed by atoms with Crippen LogP contribution in [0, 0.1) is 23.7 Å². The molecule has 0 aromatic heterocycles. The number of carboxylic acids is 1. The molecule has 3 aliphatic rings. The van der Waals surface area contributed by atoms with Crippen LogP contribution in [-0.4, -0.2) is 57.3 Å². The van der Waals surface area contributed by atoms with E-state index in [9.17, 15) is 24.6 Å². The number of hydrogen-bond acceptors (Lipinski definition) is 6. The Kier molecular flexibility index (Phi) is 5.07. The van der Waals surface area contributed by atoms with Gasteiger partial charge in [-0.3, -0.25) is 14.4 Å². The van der Waals surface area contributed by atoms with Crippen LogP contribution >= 0.6 is 0 Å². The zero-order valence-electron chi connectivity index (χ0n) is 15.2. The smallest absolute Gasteiger partial charge is 0.305 e. The minimum Gasteiger partial charge on any atom is -0.481 e. The number of carboxylic acid groups (broad SMARTS) is 1. The number of fused-ring (bicyclic) bond motifs is 1. The predicted molar refractivity (Wildman–Crippen MR) is 90.2 cm³/mol. The average Bonchev–Trinajstić information content (AvgIpc) is 2.52. The molecule has 144 valence electrons. The quantitative estimate of drug-likeness (QED) is 0.673. The highest BCUT2D eigenvalue weighted by Crippen LogP contribution is 2.46. The standard InChI is InChI=1S/C19H26O7/c1-7(2)10-6-12(20)15-16(17(10)23)19(25)14-8(3)26-9(5-13(21)22)4-11(14)18(15)24/h7-10,12,15-17,20,23H,4-6H2,1-3H3,(H,21,22). The van der Waals surface area contributed by atoms with Gasteiger partial charge in [0.2, 0.25) is 0 Å². The number of carbonyl (C=O) groups excluding carboxylic acids is 2. The molecule has 0 aromatic carbocycles. The molecular formula is C19H26O7. The van der Waals surface area contributed by atoms with Crippen LogP contribution in [-0.2, 0) is 19.1 Å². The number of carbonyl (C=O) groups is 3. The Bertz CT molecular complexity index is 665. The van der Waals surface area contributed by atoms with Gasteiger partial charge in [-0.2, -0.15) is 0 Å². The van der Waals surface area contributed by atoms with Crippen LogP contribution in [0.3, 0.4) is 0 Å². The summed E-state index contributed by atoms with van der Waals surface area (Å²) >= 11 is 0. The molecule has 1 aliphatic heterocycles. The Morgan fingerprint density at radius 3 is 2.42 bits per heavy atom. The Labute approximate surface area is 152 Å². The third-order valence-corrected chi connectivity index (χ3v) is 6.11. The van der Waals surface area contributed by atoms with Crippen molar-refractivity contribution >= 4 is 17.5 Å². The zero-order valence-corrected chi connectivity index (χ0v) is 15.2. The Morgan fingerprint density at radius 1 is 1.19 bits per heavy atom. The zero-order chi connectivity index (χ0) is 19.3. The van der Waals surface area contributed by atoms with E-state index >= 15 is 0 Å². The highest BCUT2D eigenvalue weighted by molar-refractivity contribution is 6.15. The molecule has 26 heavy (non-hydrogen) atoms. The summed E-state index contributed by atoms with van der Waals surface area (Å²) in [6.45, 7) is 5.47. The molecule has 0 amide bonds. The van der Waals surface area contributed by atoms with E-state index in [-0.39, 0.29) is 53.8 Å². The molecule has 7 unspecified atom stereocenters. The molecule has 0 bridgehead atoms. The summed E-state index contributed by atoms with van der Waals surface area (Å²) in [6.07, 6.45) is -3.29. The van der Waals surface area contributed by atoms with Crippen LogP contribution in [0.5, 0.6) is 0 Å². The van der Waals surface area contributed by atoms with E-state index < -0.39 is 42.2 Å². The summed E-state index contributed by atoms with van der Waals surface area (Å²) in [4.78, 5) is 37.2. The van der Waals surface area contributed by atoms with Crippen molar-refractivity contribution in [1.29, 1.82) is 0 Å². The molecule has 0 saturated heterocycles. The van der Waals surface area contributed by atoms with Gasteiger partial charge in [-0.1, -0.05) is 13.8 Å². The lowest BCUT2D eigenvalue weighted by molar-refractivity contribution is -0.156. The molecular weight excluding hydrogens is 340 g/mol. The van der Waals surface area contributed by atoms with E-state index in [0.29, 0.717) is 0 Å². The molecule has 7 heteroatoms. The summed E-state index contributed by atoms with van der Waals surface area (Å²) in [7, 11) is 0. The number of ketones is 2. The molecule has 3 rings (SSSR count). The van der Waals surface area contributed by atoms with Crippen molar-refractivity contribution in [2.24, 2.45) is 23.7 Å². The minimum absolute atomic E-state index is 0.0518. The highest BCUT2D eigenvalue weighted by Gasteiger charge is 2.56. The normalized spacial score (nSPS) is 40.5. The molecule has 7 nitrogen and oxygen atoms in total. The first-order valence-corrected chi connectivity index (χ1v) is 9.18. The molecule has 0 radical (unpaired) electrons. The van der Waals surface area contributed by atoms with Crippen LogP contribution in [0.1, 0.15) is 40.0 Å². The number of hydrogen-bond donors (Lipinski definition) is 3. The molecule has 7 atom stereocenters. The molecule has 0 aromatic rings. The van der Waals surface area contributed by atoms with Gasteiger partial charge in [-0.15, -0.1) is 0 Å². The van der Waals surface area contributed by atoms with Gasteiger partial charge in [0.25, 0.3) is 0 Å². The topological polar surface area (TPSA) is 121 Å². The molecule has 1 fully saturated rings. The number of aliphatic hydroxyl groups is 2. The van der Waals surface area contributed by atoms with Gasteiger partial charge in [0, 0.05) is 17.6 Å². The highest BCUT2D eigenvalue weighted by atomic mass is 16.5. The van der Waals surface area contributed by atoms with Crippen molar-refractivity contribution in [1.82, 2.24) is 0 Å². The molecule has 3 N–H and O–H groups in total. The molecule has 0 spiro atoms. The second-order valence-corrected chi connectivity index (χ2v) is 8.08. The summed E-state index contributed by atoms with van der Waals surface area (Å²) in [6, 6.07) is 0. The van der Waals surface area contributed by atoms with Gasteiger partial charge >= 0.3 is 5.97 Å². The van der Waals surface area contributed by atoms with Gasteiger partial charge in [-0.25, -0.2) is 0 Å². The summed E-state index contributed by atoms with van der Waals surface area (Å²) < 4.78 is 5.65. The number of rotatable bonds is 3. The fourth-order valence-electron chi connectivity index (χ4n) is 4.87. The lowest BCUT2D eigenvalue weighted by atomic mass is 9.59. The first-order chi connectivity index (χ1) is 12.1. The third-order valence-electron chi connectivity index (χ3n) is 6.11. The van der Waals surface area contributed by atoms with E-state index in [1.165, 1.54) is 0 Å². The maximum atomic E-state index is 13.1. The fourth-order valence-corrected chi connectivity index (χ4v) is 4.87. The maximum absolute atomic E-state index is 13.1. The number of ether oxygens (including phenoxy) is 1. The SMILES string of the molecule is CC1OC(CC(=O)O)CC2=C1C(=O)C1C(O)C(C(C)C)CC(O)C1C2=O. The second kappa shape index (κ2) is 6.87. The van der Waals surface area contributed by atoms with Gasteiger partial charge in [0.05, 0.1) is 42.7 Å². The number of aliphatic carboxylic acids is 1.